The van der Waals surface area contributed by atoms with Crippen LogP contribution in [0.4, 0.5) is 0 Å². The molecule has 18 heavy (non-hydrogen) atoms. The third kappa shape index (κ3) is 6.19. The van der Waals surface area contributed by atoms with Gasteiger partial charge in [0, 0.05) is 13.1 Å². The molecule has 0 radical (unpaired) electrons. The van der Waals surface area contributed by atoms with Crippen LogP contribution in [0.3, 0.4) is 0 Å². The third-order valence-electron chi connectivity index (χ3n) is 4.41. The molecule has 0 bridgehead atoms. The molecule has 2 nitrogen and oxygen atoms in total. The Labute approximate surface area is 114 Å². The molecular formula is C16H34N2. The van der Waals surface area contributed by atoms with E-state index in [2.05, 4.69) is 38.3 Å². The van der Waals surface area contributed by atoms with Gasteiger partial charge < -0.3 is 10.6 Å². The van der Waals surface area contributed by atoms with Crippen molar-refractivity contribution in [2.45, 2.75) is 59.8 Å². The van der Waals surface area contributed by atoms with Crippen LogP contribution in [0, 0.1) is 17.3 Å². The lowest BCUT2D eigenvalue weighted by Gasteiger charge is -2.37. The van der Waals surface area contributed by atoms with Crippen molar-refractivity contribution >= 4 is 0 Å². The lowest BCUT2D eigenvalue weighted by atomic mass is 9.70. The lowest BCUT2D eigenvalue weighted by molar-refractivity contribution is 0.149. The van der Waals surface area contributed by atoms with Gasteiger partial charge in [-0.15, -0.1) is 0 Å². The molecule has 2 N–H and O–H groups in total. The molecule has 2 heteroatoms. The zero-order valence-electron chi connectivity index (χ0n) is 13.0. The summed E-state index contributed by atoms with van der Waals surface area (Å²) in [6.45, 7) is 14.0. The highest BCUT2D eigenvalue weighted by Crippen LogP contribution is 2.39. The number of rotatable bonds is 7. The Hall–Kier alpha value is -0.0800. The fraction of sp³-hybridized carbons (Fsp3) is 1.00. The van der Waals surface area contributed by atoms with Crippen LogP contribution in [0.15, 0.2) is 0 Å². The molecule has 0 aromatic rings. The molecule has 0 aliphatic heterocycles. The van der Waals surface area contributed by atoms with Crippen molar-refractivity contribution in [1.82, 2.24) is 10.6 Å². The zero-order valence-corrected chi connectivity index (χ0v) is 13.0. The third-order valence-corrected chi connectivity index (χ3v) is 4.41. The summed E-state index contributed by atoms with van der Waals surface area (Å²) in [5.41, 5.74) is 0.516. The summed E-state index contributed by atoms with van der Waals surface area (Å²) in [5, 5.41) is 7.04. The Morgan fingerprint density at radius 2 is 1.50 bits per heavy atom. The molecule has 0 amide bonds. The van der Waals surface area contributed by atoms with Crippen molar-refractivity contribution in [2.24, 2.45) is 17.3 Å². The quantitative estimate of drug-likeness (QED) is 0.680. The van der Waals surface area contributed by atoms with Gasteiger partial charge in [0.05, 0.1) is 0 Å². The molecule has 108 valence electrons. The van der Waals surface area contributed by atoms with Crippen LogP contribution in [0.25, 0.3) is 0 Å². The first kappa shape index (κ1) is 16.0. The average molecular weight is 254 g/mol. The van der Waals surface area contributed by atoms with E-state index in [1.54, 1.807) is 0 Å². The fourth-order valence-corrected chi connectivity index (χ4v) is 3.02. The van der Waals surface area contributed by atoms with Gasteiger partial charge in [0.2, 0.25) is 0 Å². The number of nitrogens with one attached hydrogen (secondary N) is 2. The maximum absolute atomic E-state index is 3.61. The van der Waals surface area contributed by atoms with Gasteiger partial charge in [0.1, 0.15) is 0 Å². The van der Waals surface area contributed by atoms with E-state index in [1.165, 1.54) is 38.6 Å². The minimum Gasteiger partial charge on any atom is -0.315 e. The van der Waals surface area contributed by atoms with Crippen LogP contribution in [-0.4, -0.2) is 26.2 Å². The van der Waals surface area contributed by atoms with E-state index in [9.17, 15) is 0 Å². The largest absolute Gasteiger partial charge is 0.315 e. The van der Waals surface area contributed by atoms with Gasteiger partial charge in [-0.2, -0.15) is 0 Å². The Morgan fingerprint density at radius 1 is 0.889 bits per heavy atom. The van der Waals surface area contributed by atoms with Crippen LogP contribution >= 0.6 is 0 Å². The minimum atomic E-state index is 0.516. The number of hydrogen-bond acceptors (Lipinski definition) is 2. The number of hydrogen-bond donors (Lipinski definition) is 2. The summed E-state index contributed by atoms with van der Waals surface area (Å²) in [5.74, 6) is 1.87. The molecule has 1 fully saturated rings. The van der Waals surface area contributed by atoms with E-state index < -0.39 is 0 Å². The minimum absolute atomic E-state index is 0.516. The molecule has 1 saturated carbocycles. The monoisotopic (exact) mass is 254 g/mol. The summed E-state index contributed by atoms with van der Waals surface area (Å²) in [7, 11) is 0. The highest BCUT2D eigenvalue weighted by molar-refractivity contribution is 4.81. The summed E-state index contributed by atoms with van der Waals surface area (Å²) in [6, 6.07) is 0. The zero-order chi connectivity index (χ0) is 13.4. The Kier molecular flexibility index (Phi) is 7.25. The second-order valence-corrected chi connectivity index (χ2v) is 7.04. The smallest absolute Gasteiger partial charge is 0.00768 e. The first-order valence-electron chi connectivity index (χ1n) is 7.95. The van der Waals surface area contributed by atoms with Crippen molar-refractivity contribution in [3.63, 3.8) is 0 Å². The predicted octanol–water partition coefficient (Wildman–Crippen LogP) is 3.43. The van der Waals surface area contributed by atoms with Gasteiger partial charge in [-0.1, -0.05) is 27.7 Å². The molecule has 1 aliphatic rings. The molecule has 0 spiro atoms. The molecule has 0 unspecified atom stereocenters. The normalized spacial score (nSPS) is 25.3. The molecule has 1 aliphatic carbocycles. The van der Waals surface area contributed by atoms with Gasteiger partial charge in [0.15, 0.2) is 0 Å². The summed E-state index contributed by atoms with van der Waals surface area (Å²) in [6.07, 6.45) is 6.96. The molecular weight excluding hydrogens is 220 g/mol. The molecule has 0 aromatic heterocycles. The van der Waals surface area contributed by atoms with E-state index in [0.29, 0.717) is 5.41 Å². The summed E-state index contributed by atoms with van der Waals surface area (Å²) in [4.78, 5) is 0. The van der Waals surface area contributed by atoms with Gasteiger partial charge in [-0.3, -0.25) is 0 Å². The van der Waals surface area contributed by atoms with E-state index >= 15 is 0 Å². The summed E-state index contributed by atoms with van der Waals surface area (Å²) >= 11 is 0. The van der Waals surface area contributed by atoms with Crippen LogP contribution in [0.5, 0.6) is 0 Å². The van der Waals surface area contributed by atoms with Crippen molar-refractivity contribution < 1.29 is 0 Å². The van der Waals surface area contributed by atoms with Crippen LogP contribution in [0.2, 0.25) is 0 Å². The van der Waals surface area contributed by atoms with E-state index in [4.69, 9.17) is 0 Å². The second-order valence-electron chi connectivity index (χ2n) is 7.04. The van der Waals surface area contributed by atoms with Crippen LogP contribution < -0.4 is 10.6 Å². The van der Waals surface area contributed by atoms with E-state index in [1.807, 2.05) is 0 Å². The van der Waals surface area contributed by atoms with Crippen molar-refractivity contribution in [2.75, 3.05) is 26.2 Å². The highest BCUT2D eigenvalue weighted by Gasteiger charge is 2.29. The van der Waals surface area contributed by atoms with Gasteiger partial charge >= 0.3 is 0 Å². The van der Waals surface area contributed by atoms with Crippen LogP contribution in [0.1, 0.15) is 59.8 Å². The molecule has 0 aromatic carbocycles. The predicted molar refractivity (Wildman–Crippen MR) is 80.9 cm³/mol. The summed E-state index contributed by atoms with van der Waals surface area (Å²) < 4.78 is 0. The first-order valence-corrected chi connectivity index (χ1v) is 7.95. The van der Waals surface area contributed by atoms with Crippen LogP contribution in [-0.2, 0) is 0 Å². The molecule has 0 atom stereocenters. The molecule has 0 saturated heterocycles. The topological polar surface area (TPSA) is 24.1 Å². The average Bonchev–Trinajstić information content (AvgIpc) is 2.33. The molecule has 1 rings (SSSR count). The van der Waals surface area contributed by atoms with Gasteiger partial charge in [-0.25, -0.2) is 0 Å². The van der Waals surface area contributed by atoms with Crippen molar-refractivity contribution in [3.05, 3.63) is 0 Å². The Bertz CT molecular complexity index is 200. The van der Waals surface area contributed by atoms with Gasteiger partial charge in [-0.05, 0) is 62.4 Å². The standard InChI is InChI=1S/C16H34N2/c1-5-10-17-11-12-18-13-14-6-8-15(9-7-14)16(2,3)4/h14-15,17-18H,5-13H2,1-4H3. The van der Waals surface area contributed by atoms with E-state index in [-0.39, 0.29) is 0 Å². The fourth-order valence-electron chi connectivity index (χ4n) is 3.02. The Balaban J connectivity index is 2.02. The van der Waals surface area contributed by atoms with Crippen molar-refractivity contribution in [3.8, 4) is 0 Å². The van der Waals surface area contributed by atoms with Crippen molar-refractivity contribution in [1.29, 1.82) is 0 Å². The first-order chi connectivity index (χ1) is 8.54. The highest BCUT2D eigenvalue weighted by atomic mass is 14.9. The van der Waals surface area contributed by atoms with E-state index in [0.717, 1.165) is 31.5 Å². The lowest BCUT2D eigenvalue weighted by Crippen LogP contribution is -2.34. The maximum Gasteiger partial charge on any atom is 0.00768 e. The molecule has 0 heterocycles. The second kappa shape index (κ2) is 8.16. The maximum atomic E-state index is 3.61. The Morgan fingerprint density at radius 3 is 2.06 bits per heavy atom. The SMILES string of the molecule is CCCNCCNCC1CCC(C(C)(C)C)CC1. The van der Waals surface area contributed by atoms with Gasteiger partial charge in [0.25, 0.3) is 0 Å².